The van der Waals surface area contributed by atoms with Crippen molar-refractivity contribution in [1.29, 1.82) is 0 Å². The van der Waals surface area contributed by atoms with Gasteiger partial charge in [-0.05, 0) is 42.3 Å². The van der Waals surface area contributed by atoms with E-state index in [9.17, 15) is 18.5 Å². The number of fused-ring (bicyclic) bond motifs is 1. The number of benzene rings is 2. The van der Waals surface area contributed by atoms with Gasteiger partial charge in [0.05, 0.1) is 21.9 Å². The lowest BCUT2D eigenvalue weighted by Crippen LogP contribution is -2.25. The highest BCUT2D eigenvalue weighted by Crippen LogP contribution is 2.25. The molecule has 0 spiro atoms. The van der Waals surface area contributed by atoms with Crippen molar-refractivity contribution in [2.45, 2.75) is 13.0 Å². The van der Waals surface area contributed by atoms with Crippen LogP contribution in [0.1, 0.15) is 12.0 Å². The maximum atomic E-state index is 12.1. The van der Waals surface area contributed by atoms with Crippen LogP contribution in [0.3, 0.4) is 0 Å². The van der Waals surface area contributed by atoms with Gasteiger partial charge in [0.25, 0.3) is 5.69 Å². The first-order valence-corrected chi connectivity index (χ1v) is 10.4. The van der Waals surface area contributed by atoms with Crippen LogP contribution in [0.4, 0.5) is 17.2 Å². The molecule has 2 aromatic carbocycles. The summed E-state index contributed by atoms with van der Waals surface area (Å²) in [5, 5.41) is 14.8. The Bertz CT molecular complexity index is 1160. The number of aromatic nitrogens is 1. The van der Waals surface area contributed by atoms with Crippen LogP contribution in [0, 0.1) is 10.1 Å². The van der Waals surface area contributed by atoms with Crippen LogP contribution in [0.25, 0.3) is 10.9 Å². The van der Waals surface area contributed by atoms with Crippen LogP contribution in [0.5, 0.6) is 0 Å². The number of pyridine rings is 1. The Labute approximate surface area is 162 Å². The van der Waals surface area contributed by atoms with E-state index in [2.05, 4.69) is 10.3 Å². The molecular weight excluding hydrogens is 380 g/mol. The second-order valence-electron chi connectivity index (χ2n) is 6.60. The summed E-state index contributed by atoms with van der Waals surface area (Å²) in [6.07, 6.45) is 0.643. The van der Waals surface area contributed by atoms with Crippen LogP contribution in [-0.4, -0.2) is 30.6 Å². The van der Waals surface area contributed by atoms with E-state index in [0.717, 1.165) is 5.56 Å². The fourth-order valence-electron chi connectivity index (χ4n) is 3.27. The third-order valence-electron chi connectivity index (χ3n) is 4.66. The molecule has 0 saturated carbocycles. The normalized spacial score (nSPS) is 15.6. The monoisotopic (exact) mass is 398 g/mol. The molecular formula is C19H18N4O4S. The molecule has 2 heterocycles. The number of anilines is 2. The van der Waals surface area contributed by atoms with Gasteiger partial charge in [0.1, 0.15) is 5.82 Å². The summed E-state index contributed by atoms with van der Waals surface area (Å²) in [6, 6.07) is 15.5. The molecule has 0 atom stereocenters. The summed E-state index contributed by atoms with van der Waals surface area (Å²) < 4.78 is 25.7. The molecule has 28 heavy (non-hydrogen) atoms. The van der Waals surface area contributed by atoms with Gasteiger partial charge >= 0.3 is 0 Å². The molecule has 4 rings (SSSR count). The maximum Gasteiger partial charge on any atom is 0.270 e. The van der Waals surface area contributed by atoms with E-state index in [1.54, 1.807) is 24.3 Å². The minimum atomic E-state index is -3.21. The number of sulfonamides is 1. The van der Waals surface area contributed by atoms with Crippen molar-refractivity contribution in [3.8, 4) is 0 Å². The number of nitro benzene ring substituents is 1. The van der Waals surface area contributed by atoms with Crippen molar-refractivity contribution in [3.63, 3.8) is 0 Å². The fourth-order valence-corrected chi connectivity index (χ4v) is 4.83. The summed E-state index contributed by atoms with van der Waals surface area (Å²) >= 11 is 0. The molecule has 1 N–H and O–H groups in total. The van der Waals surface area contributed by atoms with Gasteiger partial charge in [-0.25, -0.2) is 13.4 Å². The van der Waals surface area contributed by atoms with Gasteiger partial charge in [-0.15, -0.1) is 0 Å². The molecule has 8 nitrogen and oxygen atoms in total. The van der Waals surface area contributed by atoms with Gasteiger partial charge in [-0.2, -0.15) is 0 Å². The van der Waals surface area contributed by atoms with Crippen LogP contribution < -0.4 is 9.62 Å². The van der Waals surface area contributed by atoms with Crippen molar-refractivity contribution in [1.82, 2.24) is 4.98 Å². The molecule has 1 fully saturated rings. The highest BCUT2D eigenvalue weighted by molar-refractivity contribution is 7.93. The smallest absolute Gasteiger partial charge is 0.270 e. The second-order valence-corrected chi connectivity index (χ2v) is 8.61. The first-order valence-electron chi connectivity index (χ1n) is 8.81. The Morgan fingerprint density at radius 2 is 2.00 bits per heavy atom. The Morgan fingerprint density at radius 1 is 1.14 bits per heavy atom. The average Bonchev–Trinajstić information content (AvgIpc) is 3.05. The molecule has 0 amide bonds. The third kappa shape index (κ3) is 3.61. The van der Waals surface area contributed by atoms with E-state index in [1.807, 2.05) is 18.2 Å². The quantitative estimate of drug-likeness (QED) is 0.522. The predicted octanol–water partition coefficient (Wildman–Crippen LogP) is 3.30. The molecule has 9 heteroatoms. The van der Waals surface area contributed by atoms with Gasteiger partial charge in [0.15, 0.2) is 0 Å². The molecule has 1 saturated heterocycles. The standard InChI is InChI=1S/C19H18N4O4S/c24-23(25)17-6-7-18-15(12-17)5-8-19(21-18)20-13-14-3-1-4-16(11-14)22-9-2-10-28(22,26)27/h1,3-8,11-12H,2,9-10,13H2,(H,20,21). The van der Waals surface area contributed by atoms with Gasteiger partial charge < -0.3 is 5.32 Å². The SMILES string of the molecule is O=[N+]([O-])c1ccc2nc(NCc3cccc(N4CCCS4(=O)=O)c3)ccc2c1. The van der Waals surface area contributed by atoms with E-state index in [-0.39, 0.29) is 11.4 Å². The second kappa shape index (κ2) is 7.08. The summed E-state index contributed by atoms with van der Waals surface area (Å²) in [5.74, 6) is 0.829. The van der Waals surface area contributed by atoms with Gasteiger partial charge in [0.2, 0.25) is 10.0 Å². The Balaban J connectivity index is 1.51. The maximum absolute atomic E-state index is 12.1. The molecule has 1 aliphatic heterocycles. The number of nitro groups is 1. The molecule has 0 aliphatic carbocycles. The molecule has 0 bridgehead atoms. The highest BCUT2D eigenvalue weighted by Gasteiger charge is 2.28. The topological polar surface area (TPSA) is 105 Å². The molecule has 0 radical (unpaired) electrons. The fraction of sp³-hybridized carbons (Fsp3) is 0.211. The molecule has 1 aromatic heterocycles. The number of rotatable bonds is 5. The van der Waals surface area contributed by atoms with Crippen molar-refractivity contribution < 1.29 is 13.3 Å². The Morgan fingerprint density at radius 3 is 2.75 bits per heavy atom. The van der Waals surface area contributed by atoms with Gasteiger partial charge in [-0.3, -0.25) is 14.4 Å². The van der Waals surface area contributed by atoms with Crippen LogP contribution in [-0.2, 0) is 16.6 Å². The number of hydrogen-bond donors (Lipinski definition) is 1. The number of nitrogens with one attached hydrogen (secondary N) is 1. The Hall–Kier alpha value is -3.20. The molecule has 0 unspecified atom stereocenters. The van der Waals surface area contributed by atoms with Gasteiger partial charge in [-0.1, -0.05) is 12.1 Å². The van der Waals surface area contributed by atoms with E-state index < -0.39 is 14.9 Å². The largest absolute Gasteiger partial charge is 0.366 e. The lowest BCUT2D eigenvalue weighted by molar-refractivity contribution is -0.384. The van der Waals surface area contributed by atoms with E-state index in [4.69, 9.17) is 0 Å². The summed E-state index contributed by atoms with van der Waals surface area (Å²) in [4.78, 5) is 14.9. The van der Waals surface area contributed by atoms with Crippen molar-refractivity contribution in [3.05, 3.63) is 70.3 Å². The average molecular weight is 398 g/mol. The first-order chi connectivity index (χ1) is 13.4. The van der Waals surface area contributed by atoms with E-state index in [0.29, 0.717) is 41.9 Å². The first kappa shape index (κ1) is 18.2. The molecule has 1 aliphatic rings. The predicted molar refractivity (Wildman–Crippen MR) is 108 cm³/mol. The highest BCUT2D eigenvalue weighted by atomic mass is 32.2. The van der Waals surface area contributed by atoms with Crippen molar-refractivity contribution in [2.75, 3.05) is 21.9 Å². The third-order valence-corrected chi connectivity index (χ3v) is 6.52. The van der Waals surface area contributed by atoms with Crippen molar-refractivity contribution >= 4 is 38.1 Å². The molecule has 144 valence electrons. The minimum absolute atomic E-state index is 0.0312. The lowest BCUT2D eigenvalue weighted by atomic mass is 10.2. The van der Waals surface area contributed by atoms with E-state index >= 15 is 0 Å². The van der Waals surface area contributed by atoms with Gasteiger partial charge in [0, 0.05) is 30.6 Å². The summed E-state index contributed by atoms with van der Waals surface area (Å²) in [5.41, 5.74) is 2.30. The zero-order valence-corrected chi connectivity index (χ0v) is 15.7. The Kier molecular flexibility index (Phi) is 4.60. The zero-order chi connectivity index (χ0) is 19.7. The number of non-ortho nitro benzene ring substituents is 1. The van der Waals surface area contributed by atoms with E-state index in [1.165, 1.54) is 16.4 Å². The number of hydrogen-bond acceptors (Lipinski definition) is 6. The summed E-state index contributed by atoms with van der Waals surface area (Å²) in [6.45, 7) is 0.991. The number of nitrogens with zero attached hydrogens (tertiary/aromatic N) is 3. The van der Waals surface area contributed by atoms with Crippen LogP contribution in [0.2, 0.25) is 0 Å². The van der Waals surface area contributed by atoms with Crippen molar-refractivity contribution in [2.24, 2.45) is 0 Å². The summed E-state index contributed by atoms with van der Waals surface area (Å²) in [7, 11) is -3.21. The lowest BCUT2D eigenvalue weighted by Gasteiger charge is -2.17. The van der Waals surface area contributed by atoms with Crippen LogP contribution in [0.15, 0.2) is 54.6 Å². The molecule has 3 aromatic rings. The van der Waals surface area contributed by atoms with Crippen LogP contribution >= 0.6 is 0 Å². The minimum Gasteiger partial charge on any atom is -0.366 e. The zero-order valence-electron chi connectivity index (χ0n) is 14.9.